The monoisotopic (exact) mass is 301 g/mol. The fraction of sp³-hybridized carbons (Fsp3) is 0.231. The zero-order valence-corrected chi connectivity index (χ0v) is 10.7. The van der Waals surface area contributed by atoms with Gasteiger partial charge in [-0.15, -0.1) is 0 Å². The minimum Gasteiger partial charge on any atom is -0.480 e. The van der Waals surface area contributed by atoms with Gasteiger partial charge in [0.05, 0.1) is 6.20 Å². The predicted molar refractivity (Wildman–Crippen MR) is 65.0 cm³/mol. The van der Waals surface area contributed by atoms with E-state index in [-0.39, 0.29) is 11.6 Å². The van der Waals surface area contributed by atoms with Gasteiger partial charge in [-0.1, -0.05) is 0 Å². The molecule has 1 aromatic heterocycles. The quantitative estimate of drug-likeness (QED) is 0.937. The van der Waals surface area contributed by atoms with Gasteiger partial charge in [0.2, 0.25) is 5.89 Å². The van der Waals surface area contributed by atoms with Crippen LogP contribution in [-0.4, -0.2) is 28.3 Å². The third-order valence-corrected chi connectivity index (χ3v) is 2.65. The zero-order valence-electron chi connectivity index (χ0n) is 10.7. The second kappa shape index (κ2) is 5.47. The summed E-state index contributed by atoms with van der Waals surface area (Å²) in [5, 5.41) is 9.09. The van der Waals surface area contributed by atoms with Crippen LogP contribution in [0.5, 0.6) is 5.75 Å². The first-order valence-corrected chi connectivity index (χ1v) is 5.79. The summed E-state index contributed by atoms with van der Waals surface area (Å²) < 4.78 is 47.1. The third kappa shape index (κ3) is 3.33. The molecular weight excluding hydrogens is 291 g/mol. The second-order valence-corrected chi connectivity index (χ2v) is 4.16. The van der Waals surface area contributed by atoms with Crippen LogP contribution in [0.15, 0.2) is 35.1 Å². The number of aromatic nitrogens is 1. The molecule has 0 fully saturated rings. The molecule has 21 heavy (non-hydrogen) atoms. The van der Waals surface area contributed by atoms with Gasteiger partial charge in [0, 0.05) is 5.56 Å². The van der Waals surface area contributed by atoms with Crippen molar-refractivity contribution in [2.75, 3.05) is 0 Å². The Balaban J connectivity index is 2.36. The number of aromatic carboxylic acids is 1. The van der Waals surface area contributed by atoms with Crippen LogP contribution < -0.4 is 4.74 Å². The summed E-state index contributed by atoms with van der Waals surface area (Å²) in [4.78, 5) is 15.0. The van der Waals surface area contributed by atoms with E-state index in [1.54, 1.807) is 0 Å². The highest BCUT2D eigenvalue weighted by atomic mass is 19.4. The summed E-state index contributed by atoms with van der Waals surface area (Å²) >= 11 is 0. The molecule has 8 heteroatoms. The number of oxazole rings is 1. The number of rotatable bonds is 4. The molecule has 2 aromatic rings. The van der Waals surface area contributed by atoms with Crippen molar-refractivity contribution in [2.24, 2.45) is 0 Å². The highest BCUT2D eigenvalue weighted by molar-refractivity contribution is 5.92. The average Bonchev–Trinajstić information content (AvgIpc) is 2.91. The number of carboxylic acids is 1. The largest absolute Gasteiger partial charge is 0.480 e. The maximum atomic E-state index is 12.5. The van der Waals surface area contributed by atoms with E-state index in [1.807, 2.05) is 0 Å². The minimum atomic E-state index is -4.59. The number of hydrogen-bond acceptors (Lipinski definition) is 4. The first-order valence-electron chi connectivity index (χ1n) is 5.79. The molecule has 0 aliphatic rings. The Hall–Kier alpha value is -2.51. The third-order valence-electron chi connectivity index (χ3n) is 2.65. The number of benzene rings is 1. The molecule has 0 spiro atoms. The van der Waals surface area contributed by atoms with Gasteiger partial charge in [0.25, 0.3) is 0 Å². The molecule has 2 rings (SSSR count). The minimum absolute atomic E-state index is 0.160. The van der Waals surface area contributed by atoms with Gasteiger partial charge in [-0.2, -0.15) is 13.2 Å². The van der Waals surface area contributed by atoms with E-state index in [0.717, 1.165) is 19.1 Å². The fourth-order valence-corrected chi connectivity index (χ4v) is 1.56. The molecule has 1 N–H and O–H groups in total. The summed E-state index contributed by atoms with van der Waals surface area (Å²) in [6.07, 6.45) is -4.04. The van der Waals surface area contributed by atoms with Crippen molar-refractivity contribution >= 4 is 5.97 Å². The van der Waals surface area contributed by atoms with Crippen molar-refractivity contribution < 1.29 is 32.2 Å². The number of alkyl halides is 3. The van der Waals surface area contributed by atoms with Crippen LogP contribution in [0.3, 0.4) is 0 Å². The highest BCUT2D eigenvalue weighted by Crippen LogP contribution is 2.30. The number of ether oxygens (including phenoxy) is 1. The molecule has 1 unspecified atom stereocenters. The lowest BCUT2D eigenvalue weighted by Crippen LogP contribution is -2.31. The molecule has 0 amide bonds. The van der Waals surface area contributed by atoms with Crippen LogP contribution in [0, 0.1) is 0 Å². The molecule has 0 aliphatic heterocycles. The van der Waals surface area contributed by atoms with Gasteiger partial charge < -0.3 is 14.3 Å². The number of hydrogen-bond donors (Lipinski definition) is 1. The Morgan fingerprint density at radius 1 is 1.43 bits per heavy atom. The second-order valence-electron chi connectivity index (χ2n) is 4.16. The fourth-order valence-electron chi connectivity index (χ4n) is 1.56. The van der Waals surface area contributed by atoms with Gasteiger partial charge in [-0.25, -0.2) is 9.78 Å². The maximum Gasteiger partial charge on any atom is 0.425 e. The first kappa shape index (κ1) is 14.9. The zero-order chi connectivity index (χ0) is 15.6. The molecule has 1 heterocycles. The predicted octanol–water partition coefficient (Wildman–Crippen LogP) is 3.37. The van der Waals surface area contributed by atoms with Crippen molar-refractivity contribution in [1.29, 1.82) is 0 Å². The van der Waals surface area contributed by atoms with Crippen LogP contribution in [0.25, 0.3) is 11.5 Å². The number of carbonyl (C=O) groups is 1. The topological polar surface area (TPSA) is 72.6 Å². The number of nitrogens with zero attached hydrogens (tertiary/aromatic N) is 1. The normalized spacial score (nSPS) is 13.0. The van der Waals surface area contributed by atoms with Crippen molar-refractivity contribution in [3.8, 4) is 17.2 Å². The summed E-state index contributed by atoms with van der Waals surface area (Å²) in [5.74, 6) is -1.62. The van der Waals surface area contributed by atoms with Gasteiger partial charge in [-0.05, 0) is 25.1 Å². The first-order chi connectivity index (χ1) is 9.79. The van der Waals surface area contributed by atoms with E-state index >= 15 is 0 Å². The lowest BCUT2D eigenvalue weighted by Gasteiger charge is -2.19. The molecule has 0 saturated heterocycles. The van der Waals surface area contributed by atoms with Gasteiger partial charge in [0.15, 0.2) is 6.10 Å². The van der Waals surface area contributed by atoms with Crippen LogP contribution >= 0.6 is 0 Å². The van der Waals surface area contributed by atoms with Crippen molar-refractivity contribution in [1.82, 2.24) is 4.98 Å². The Kier molecular flexibility index (Phi) is 3.88. The van der Waals surface area contributed by atoms with Crippen LogP contribution in [0.2, 0.25) is 0 Å². The molecule has 112 valence electrons. The molecule has 0 bridgehead atoms. The Bertz CT molecular complexity index is 637. The van der Waals surface area contributed by atoms with Gasteiger partial charge in [0.1, 0.15) is 17.6 Å². The average molecular weight is 301 g/mol. The molecule has 0 radical (unpaired) electrons. The SMILES string of the molecule is CC(Oc1ccc(-c2ncco2)cc1C(=O)O)C(F)(F)F. The van der Waals surface area contributed by atoms with Gasteiger partial charge in [-0.3, -0.25) is 0 Å². The van der Waals surface area contributed by atoms with E-state index in [1.165, 1.54) is 18.5 Å². The smallest absolute Gasteiger partial charge is 0.425 e. The maximum absolute atomic E-state index is 12.5. The number of halogens is 3. The van der Waals surface area contributed by atoms with Crippen LogP contribution in [0.4, 0.5) is 13.2 Å². The summed E-state index contributed by atoms with van der Waals surface area (Å²) in [7, 11) is 0. The molecular formula is C13H10F3NO4. The molecule has 1 aromatic carbocycles. The van der Waals surface area contributed by atoms with E-state index in [2.05, 4.69) is 9.72 Å². The molecule has 0 aliphatic carbocycles. The highest BCUT2D eigenvalue weighted by Gasteiger charge is 2.38. The lowest BCUT2D eigenvalue weighted by molar-refractivity contribution is -0.189. The summed E-state index contributed by atoms with van der Waals surface area (Å²) in [5.41, 5.74) is -0.0776. The standard InChI is InChI=1S/C13H10F3NO4/c1-7(13(14,15)16)21-10-3-2-8(6-9(10)12(18)19)11-17-4-5-20-11/h2-7H,1H3,(H,18,19). The summed E-state index contributed by atoms with van der Waals surface area (Å²) in [6.45, 7) is 0.799. The molecule has 0 saturated carbocycles. The summed E-state index contributed by atoms with van der Waals surface area (Å²) in [6, 6.07) is 3.66. The van der Waals surface area contributed by atoms with Crippen LogP contribution in [-0.2, 0) is 0 Å². The lowest BCUT2D eigenvalue weighted by atomic mass is 10.1. The van der Waals surface area contributed by atoms with E-state index in [4.69, 9.17) is 9.52 Å². The van der Waals surface area contributed by atoms with Crippen molar-refractivity contribution in [3.63, 3.8) is 0 Å². The Labute approximate surface area is 117 Å². The van der Waals surface area contributed by atoms with E-state index in [0.29, 0.717) is 5.56 Å². The Morgan fingerprint density at radius 3 is 2.67 bits per heavy atom. The van der Waals surface area contributed by atoms with E-state index < -0.39 is 23.8 Å². The van der Waals surface area contributed by atoms with E-state index in [9.17, 15) is 18.0 Å². The Morgan fingerprint density at radius 2 is 2.14 bits per heavy atom. The van der Waals surface area contributed by atoms with Crippen molar-refractivity contribution in [3.05, 3.63) is 36.2 Å². The van der Waals surface area contributed by atoms with Crippen molar-refractivity contribution in [2.45, 2.75) is 19.2 Å². The number of carboxylic acid groups (broad SMARTS) is 1. The van der Waals surface area contributed by atoms with Gasteiger partial charge >= 0.3 is 12.1 Å². The molecule has 5 nitrogen and oxygen atoms in total. The molecule has 1 atom stereocenters. The van der Waals surface area contributed by atoms with Crippen LogP contribution in [0.1, 0.15) is 17.3 Å².